The molecule has 6 nitrogen and oxygen atoms in total. The van der Waals surface area contributed by atoms with Gasteiger partial charge in [0, 0.05) is 25.8 Å². The molecule has 21 heavy (non-hydrogen) atoms. The maximum Gasteiger partial charge on any atom is 0.260 e. The minimum absolute atomic E-state index is 0.0745. The second-order valence-corrected chi connectivity index (χ2v) is 6.87. The predicted octanol–water partition coefficient (Wildman–Crippen LogP) is 1.28. The number of likely N-dealkylation sites (tertiary alicyclic amines) is 1. The summed E-state index contributed by atoms with van der Waals surface area (Å²) in [5.41, 5.74) is 0.547. The van der Waals surface area contributed by atoms with E-state index < -0.39 is 10.0 Å². The number of piperidine rings is 1. The molecule has 0 aromatic carbocycles. The van der Waals surface area contributed by atoms with E-state index in [1.165, 1.54) is 25.5 Å². The van der Waals surface area contributed by atoms with E-state index in [9.17, 15) is 8.42 Å². The second-order valence-electron chi connectivity index (χ2n) is 5.19. The van der Waals surface area contributed by atoms with Crippen molar-refractivity contribution in [3.63, 3.8) is 0 Å². The Morgan fingerprint density at radius 2 is 2.05 bits per heavy atom. The molecule has 7 heteroatoms. The number of nitrogens with one attached hydrogen (secondary N) is 2. The quantitative estimate of drug-likeness (QED) is 0.793. The Kier molecular flexibility index (Phi) is 5.96. The third-order valence-corrected chi connectivity index (χ3v) is 4.98. The molecule has 1 aromatic rings. The van der Waals surface area contributed by atoms with Gasteiger partial charge >= 0.3 is 0 Å². The van der Waals surface area contributed by atoms with Crippen molar-refractivity contribution in [1.82, 2.24) is 14.6 Å². The normalized spacial score (nSPS) is 16.8. The van der Waals surface area contributed by atoms with Crippen LogP contribution in [0.15, 0.2) is 23.4 Å². The van der Waals surface area contributed by atoms with Crippen LogP contribution >= 0.6 is 0 Å². The first-order valence-electron chi connectivity index (χ1n) is 7.54. The van der Waals surface area contributed by atoms with Gasteiger partial charge in [0.05, 0.1) is 5.69 Å². The monoisotopic (exact) mass is 312 g/mol. The van der Waals surface area contributed by atoms with Gasteiger partial charge in [0.15, 0.2) is 5.03 Å². The Bertz CT molecular complexity index is 542. The van der Waals surface area contributed by atoms with Crippen LogP contribution in [0.2, 0.25) is 0 Å². The summed E-state index contributed by atoms with van der Waals surface area (Å²) in [6.45, 7) is 5.88. The summed E-state index contributed by atoms with van der Waals surface area (Å²) in [7, 11) is -3.56. The van der Waals surface area contributed by atoms with Crippen molar-refractivity contribution in [2.24, 2.45) is 0 Å². The van der Waals surface area contributed by atoms with E-state index in [1.54, 1.807) is 12.1 Å². The molecule has 0 spiro atoms. The maximum atomic E-state index is 12.3. The second kappa shape index (κ2) is 7.72. The zero-order valence-corrected chi connectivity index (χ0v) is 13.3. The van der Waals surface area contributed by atoms with E-state index in [4.69, 9.17) is 0 Å². The van der Waals surface area contributed by atoms with E-state index in [2.05, 4.69) is 19.9 Å². The molecule has 2 rings (SSSR count). The van der Waals surface area contributed by atoms with E-state index in [-0.39, 0.29) is 5.03 Å². The molecule has 1 aliphatic heterocycles. The highest BCUT2D eigenvalue weighted by atomic mass is 32.2. The van der Waals surface area contributed by atoms with Gasteiger partial charge in [-0.1, -0.05) is 6.42 Å². The summed E-state index contributed by atoms with van der Waals surface area (Å²) >= 11 is 0. The van der Waals surface area contributed by atoms with Crippen LogP contribution in [0.3, 0.4) is 0 Å². The largest absolute Gasteiger partial charge is 0.383 e. The molecule has 2 N–H and O–H groups in total. The van der Waals surface area contributed by atoms with Gasteiger partial charge in [-0.2, -0.15) is 0 Å². The van der Waals surface area contributed by atoms with Gasteiger partial charge in [0.2, 0.25) is 0 Å². The average Bonchev–Trinajstić information content (AvgIpc) is 2.49. The molecule has 118 valence electrons. The van der Waals surface area contributed by atoms with Gasteiger partial charge in [-0.25, -0.2) is 18.1 Å². The van der Waals surface area contributed by atoms with Crippen LogP contribution in [-0.2, 0) is 10.0 Å². The average molecular weight is 312 g/mol. The number of anilines is 1. The topological polar surface area (TPSA) is 74.3 Å². The molecule has 0 aliphatic carbocycles. The van der Waals surface area contributed by atoms with E-state index in [0.29, 0.717) is 18.8 Å². The van der Waals surface area contributed by atoms with E-state index in [1.807, 2.05) is 6.92 Å². The molecular weight excluding hydrogens is 288 g/mol. The summed E-state index contributed by atoms with van der Waals surface area (Å²) in [6, 6.07) is 3.46. The van der Waals surface area contributed by atoms with Gasteiger partial charge < -0.3 is 10.2 Å². The van der Waals surface area contributed by atoms with Crippen molar-refractivity contribution < 1.29 is 8.42 Å². The minimum atomic E-state index is -3.56. The molecule has 0 unspecified atom stereocenters. The zero-order valence-electron chi connectivity index (χ0n) is 12.5. The van der Waals surface area contributed by atoms with Gasteiger partial charge in [-0.05, 0) is 45.0 Å². The molecule has 0 radical (unpaired) electrons. The third-order valence-electron chi connectivity index (χ3n) is 3.56. The summed E-state index contributed by atoms with van der Waals surface area (Å²) in [5, 5.41) is 3.10. The Morgan fingerprint density at radius 3 is 2.76 bits per heavy atom. The van der Waals surface area contributed by atoms with E-state index in [0.717, 1.165) is 19.6 Å². The Balaban J connectivity index is 1.94. The lowest BCUT2D eigenvalue weighted by molar-refractivity contribution is 0.232. The van der Waals surface area contributed by atoms with Crippen molar-refractivity contribution in [3.8, 4) is 0 Å². The Morgan fingerprint density at radius 1 is 1.29 bits per heavy atom. The van der Waals surface area contributed by atoms with Gasteiger partial charge in [-0.3, -0.25) is 0 Å². The van der Waals surface area contributed by atoms with Crippen molar-refractivity contribution >= 4 is 15.7 Å². The summed E-state index contributed by atoms with van der Waals surface area (Å²) in [4.78, 5) is 6.31. The summed E-state index contributed by atoms with van der Waals surface area (Å²) in [6.07, 6.45) is 5.19. The standard InChI is InChI=1S/C14H24N4O2S/c1-2-15-13-7-6-8-16-14(13)21(19,20)17-9-12-18-10-4-3-5-11-18/h6-8,15,17H,2-5,9-12H2,1H3. The van der Waals surface area contributed by atoms with Crippen LogP contribution in [-0.4, -0.2) is 51.0 Å². The fourth-order valence-corrected chi connectivity index (χ4v) is 3.65. The molecule has 0 atom stereocenters. The summed E-state index contributed by atoms with van der Waals surface area (Å²) < 4.78 is 27.3. The van der Waals surface area contributed by atoms with Gasteiger partial charge in [-0.15, -0.1) is 0 Å². The van der Waals surface area contributed by atoms with Crippen LogP contribution in [0, 0.1) is 0 Å². The van der Waals surface area contributed by atoms with Gasteiger partial charge in [0.25, 0.3) is 10.0 Å². The van der Waals surface area contributed by atoms with Gasteiger partial charge in [0.1, 0.15) is 0 Å². The Hall–Kier alpha value is -1.18. The highest BCUT2D eigenvalue weighted by Crippen LogP contribution is 2.17. The molecule has 0 amide bonds. The fraction of sp³-hybridized carbons (Fsp3) is 0.643. The highest BCUT2D eigenvalue weighted by molar-refractivity contribution is 7.89. The molecule has 2 heterocycles. The first-order valence-corrected chi connectivity index (χ1v) is 9.02. The zero-order chi connectivity index (χ0) is 15.1. The van der Waals surface area contributed by atoms with Crippen molar-refractivity contribution in [2.45, 2.75) is 31.2 Å². The molecule has 1 aromatic heterocycles. The van der Waals surface area contributed by atoms with Crippen LogP contribution < -0.4 is 10.0 Å². The number of aromatic nitrogens is 1. The lowest BCUT2D eigenvalue weighted by Gasteiger charge is -2.26. The van der Waals surface area contributed by atoms with Crippen molar-refractivity contribution in [3.05, 3.63) is 18.3 Å². The highest BCUT2D eigenvalue weighted by Gasteiger charge is 2.20. The van der Waals surface area contributed by atoms with E-state index >= 15 is 0 Å². The van der Waals surface area contributed by atoms with Crippen molar-refractivity contribution in [1.29, 1.82) is 0 Å². The van der Waals surface area contributed by atoms with Crippen LogP contribution in [0.25, 0.3) is 0 Å². The predicted molar refractivity (Wildman–Crippen MR) is 83.9 cm³/mol. The first kappa shape index (κ1) is 16.2. The molecule has 1 aliphatic rings. The van der Waals surface area contributed by atoms with Crippen LogP contribution in [0.1, 0.15) is 26.2 Å². The van der Waals surface area contributed by atoms with Crippen LogP contribution in [0.5, 0.6) is 0 Å². The van der Waals surface area contributed by atoms with Crippen molar-refractivity contribution in [2.75, 3.05) is 38.0 Å². The molecule has 1 fully saturated rings. The summed E-state index contributed by atoms with van der Waals surface area (Å²) in [5.74, 6) is 0. The molecule has 0 bridgehead atoms. The number of hydrogen-bond donors (Lipinski definition) is 2. The first-order chi connectivity index (χ1) is 10.1. The lowest BCUT2D eigenvalue weighted by atomic mass is 10.1. The lowest BCUT2D eigenvalue weighted by Crippen LogP contribution is -2.38. The number of rotatable bonds is 7. The molecule has 0 saturated carbocycles. The molecular formula is C14H24N4O2S. The van der Waals surface area contributed by atoms with Crippen LogP contribution in [0.4, 0.5) is 5.69 Å². The maximum absolute atomic E-state index is 12.3. The third kappa shape index (κ3) is 4.66. The number of nitrogens with zero attached hydrogens (tertiary/aromatic N) is 2. The Labute approximate surface area is 127 Å². The number of pyridine rings is 1. The number of sulfonamides is 1. The minimum Gasteiger partial charge on any atom is -0.383 e. The number of hydrogen-bond acceptors (Lipinski definition) is 5. The smallest absolute Gasteiger partial charge is 0.260 e. The molecule has 1 saturated heterocycles. The SMILES string of the molecule is CCNc1cccnc1S(=O)(=O)NCCN1CCCCC1. The fourth-order valence-electron chi connectivity index (χ4n) is 2.52.